The van der Waals surface area contributed by atoms with E-state index in [1.807, 2.05) is 51.1 Å². The molecule has 0 fully saturated rings. The highest BCUT2D eigenvalue weighted by Crippen LogP contribution is 2.21. The molecule has 1 amide bonds. The number of hydrogen-bond acceptors (Lipinski definition) is 4. The van der Waals surface area contributed by atoms with E-state index in [-0.39, 0.29) is 5.91 Å². The van der Waals surface area contributed by atoms with Gasteiger partial charge in [0.1, 0.15) is 17.3 Å². The van der Waals surface area contributed by atoms with Crippen LogP contribution in [0.3, 0.4) is 0 Å². The first-order valence-corrected chi connectivity index (χ1v) is 9.49. The summed E-state index contributed by atoms with van der Waals surface area (Å²) in [6.07, 6.45) is 0. The molecule has 1 heterocycles. The maximum Gasteiger partial charge on any atom is 0.272 e. The van der Waals surface area contributed by atoms with Gasteiger partial charge in [-0.2, -0.15) is 0 Å². The summed E-state index contributed by atoms with van der Waals surface area (Å²) in [5, 5.41) is 3.33. The minimum Gasteiger partial charge on any atom is -0.340 e. The van der Waals surface area contributed by atoms with Gasteiger partial charge in [-0.15, -0.1) is 0 Å². The number of carbonyl (C=O) groups excluding carboxylic acids is 1. The topological polar surface area (TPSA) is 58.1 Å². The van der Waals surface area contributed by atoms with Gasteiger partial charge in [-0.25, -0.2) is 9.97 Å². The number of hydrogen-bond donors (Lipinski definition) is 1. The fourth-order valence-corrected chi connectivity index (χ4v) is 3.04. The monoisotopic (exact) mass is 374 g/mol. The van der Waals surface area contributed by atoms with Gasteiger partial charge >= 0.3 is 0 Å². The molecule has 5 nitrogen and oxygen atoms in total. The van der Waals surface area contributed by atoms with E-state index in [4.69, 9.17) is 0 Å². The lowest BCUT2D eigenvalue weighted by Gasteiger charge is -2.21. The summed E-state index contributed by atoms with van der Waals surface area (Å²) < 4.78 is 0. The molecule has 0 aliphatic heterocycles. The number of nitrogens with one attached hydrogen (secondary N) is 1. The van der Waals surface area contributed by atoms with Gasteiger partial charge in [0.2, 0.25) is 0 Å². The van der Waals surface area contributed by atoms with Crippen LogP contribution in [-0.4, -0.2) is 27.3 Å². The van der Waals surface area contributed by atoms with E-state index in [1.54, 1.807) is 17.9 Å². The fourth-order valence-electron chi connectivity index (χ4n) is 3.04. The maximum absolute atomic E-state index is 13.1. The van der Waals surface area contributed by atoms with Crippen molar-refractivity contribution in [2.24, 2.45) is 0 Å². The normalized spacial score (nSPS) is 10.6. The second-order valence-electron chi connectivity index (χ2n) is 6.93. The number of carbonyl (C=O) groups is 1. The quantitative estimate of drug-likeness (QED) is 0.673. The Morgan fingerprint density at radius 2 is 1.75 bits per heavy atom. The fraction of sp³-hybridized carbons (Fsp3) is 0.261. The van der Waals surface area contributed by atoms with E-state index >= 15 is 0 Å². The van der Waals surface area contributed by atoms with Gasteiger partial charge < -0.3 is 10.2 Å². The minimum atomic E-state index is -0.0964. The average molecular weight is 374 g/mol. The van der Waals surface area contributed by atoms with Crippen LogP contribution in [0.1, 0.15) is 39.9 Å². The van der Waals surface area contributed by atoms with Gasteiger partial charge in [0, 0.05) is 24.8 Å². The van der Waals surface area contributed by atoms with Crippen molar-refractivity contribution >= 4 is 17.4 Å². The standard InChI is InChI=1S/C23H26N4O/c1-5-27(15-19-9-7-6-8-10-19)23(28)21-14-22(25-18(4)24-21)26-20-13-16(2)11-12-17(20)3/h6-14H,5,15H2,1-4H3,(H,24,25,26). The minimum absolute atomic E-state index is 0.0964. The highest BCUT2D eigenvalue weighted by Gasteiger charge is 2.18. The van der Waals surface area contributed by atoms with Gasteiger partial charge in [0.05, 0.1) is 0 Å². The van der Waals surface area contributed by atoms with E-state index in [0.29, 0.717) is 30.4 Å². The lowest BCUT2D eigenvalue weighted by Crippen LogP contribution is -2.31. The first-order valence-electron chi connectivity index (χ1n) is 9.49. The zero-order valence-electron chi connectivity index (χ0n) is 16.9. The molecule has 0 aliphatic carbocycles. The van der Waals surface area contributed by atoms with Crippen molar-refractivity contribution in [3.8, 4) is 0 Å². The second kappa shape index (κ2) is 8.65. The van der Waals surface area contributed by atoms with E-state index < -0.39 is 0 Å². The molecule has 0 saturated heterocycles. The van der Waals surface area contributed by atoms with Gasteiger partial charge in [-0.1, -0.05) is 42.5 Å². The molecular formula is C23H26N4O. The van der Waals surface area contributed by atoms with Crippen LogP contribution in [0, 0.1) is 20.8 Å². The molecule has 2 aromatic carbocycles. The molecule has 3 aromatic rings. The first-order chi connectivity index (χ1) is 13.5. The number of rotatable bonds is 6. The molecule has 144 valence electrons. The Morgan fingerprint density at radius 1 is 1.00 bits per heavy atom. The largest absolute Gasteiger partial charge is 0.340 e. The van der Waals surface area contributed by atoms with Crippen LogP contribution in [0.2, 0.25) is 0 Å². The molecule has 3 rings (SSSR count). The lowest BCUT2D eigenvalue weighted by atomic mass is 10.1. The summed E-state index contributed by atoms with van der Waals surface area (Å²) in [5.41, 5.74) is 4.76. The Balaban J connectivity index is 1.85. The van der Waals surface area contributed by atoms with E-state index in [9.17, 15) is 4.79 Å². The molecule has 1 N–H and O–H groups in total. The Bertz CT molecular complexity index is 970. The Hall–Kier alpha value is -3.21. The lowest BCUT2D eigenvalue weighted by molar-refractivity contribution is 0.0746. The second-order valence-corrected chi connectivity index (χ2v) is 6.93. The summed E-state index contributed by atoms with van der Waals surface area (Å²) >= 11 is 0. The molecule has 0 atom stereocenters. The number of nitrogens with zero attached hydrogens (tertiary/aromatic N) is 3. The SMILES string of the molecule is CCN(Cc1ccccc1)C(=O)c1cc(Nc2cc(C)ccc2C)nc(C)n1. The Morgan fingerprint density at radius 3 is 2.46 bits per heavy atom. The van der Waals surface area contributed by atoms with Crippen molar-refractivity contribution in [2.45, 2.75) is 34.2 Å². The van der Waals surface area contributed by atoms with Gasteiger partial charge in [-0.3, -0.25) is 4.79 Å². The maximum atomic E-state index is 13.1. The van der Waals surface area contributed by atoms with E-state index in [0.717, 1.165) is 22.4 Å². The van der Waals surface area contributed by atoms with Crippen molar-refractivity contribution < 1.29 is 4.79 Å². The van der Waals surface area contributed by atoms with Crippen molar-refractivity contribution in [3.05, 3.63) is 82.8 Å². The van der Waals surface area contributed by atoms with Crippen LogP contribution >= 0.6 is 0 Å². The van der Waals surface area contributed by atoms with Crippen LogP contribution in [0.15, 0.2) is 54.6 Å². The van der Waals surface area contributed by atoms with E-state index in [2.05, 4.69) is 33.5 Å². The highest BCUT2D eigenvalue weighted by atomic mass is 16.2. The van der Waals surface area contributed by atoms with Crippen LogP contribution in [-0.2, 0) is 6.54 Å². The summed E-state index contributed by atoms with van der Waals surface area (Å²) in [6, 6.07) is 17.9. The predicted molar refractivity (Wildman–Crippen MR) is 113 cm³/mol. The molecule has 0 saturated carbocycles. The highest BCUT2D eigenvalue weighted by molar-refractivity contribution is 5.93. The smallest absolute Gasteiger partial charge is 0.272 e. The molecule has 28 heavy (non-hydrogen) atoms. The van der Waals surface area contributed by atoms with Crippen molar-refractivity contribution in [3.63, 3.8) is 0 Å². The number of anilines is 2. The average Bonchev–Trinajstić information content (AvgIpc) is 2.69. The molecular weight excluding hydrogens is 348 g/mol. The van der Waals surface area contributed by atoms with Gasteiger partial charge in [-0.05, 0) is 50.5 Å². The number of aryl methyl sites for hydroxylation is 3. The molecule has 5 heteroatoms. The molecule has 0 radical (unpaired) electrons. The zero-order chi connectivity index (χ0) is 20.1. The van der Waals surface area contributed by atoms with Crippen LogP contribution < -0.4 is 5.32 Å². The van der Waals surface area contributed by atoms with Gasteiger partial charge in [0.25, 0.3) is 5.91 Å². The third kappa shape index (κ3) is 4.74. The van der Waals surface area contributed by atoms with Crippen molar-refractivity contribution in [1.82, 2.24) is 14.9 Å². The summed E-state index contributed by atoms with van der Waals surface area (Å²) in [5.74, 6) is 1.09. The Kier molecular flexibility index (Phi) is 6.04. The molecule has 0 unspecified atom stereocenters. The third-order valence-corrected chi connectivity index (χ3v) is 4.60. The van der Waals surface area contributed by atoms with Crippen LogP contribution in [0.25, 0.3) is 0 Å². The molecule has 0 spiro atoms. The van der Waals surface area contributed by atoms with Crippen molar-refractivity contribution in [1.29, 1.82) is 0 Å². The van der Waals surface area contributed by atoms with E-state index in [1.165, 1.54) is 0 Å². The van der Waals surface area contributed by atoms with Crippen LogP contribution in [0.5, 0.6) is 0 Å². The molecule has 1 aromatic heterocycles. The summed E-state index contributed by atoms with van der Waals surface area (Å²) in [6.45, 7) is 9.03. The number of benzene rings is 2. The third-order valence-electron chi connectivity index (χ3n) is 4.60. The van der Waals surface area contributed by atoms with Gasteiger partial charge in [0.15, 0.2) is 0 Å². The first kappa shape index (κ1) is 19.5. The number of aromatic nitrogens is 2. The zero-order valence-corrected chi connectivity index (χ0v) is 16.9. The molecule has 0 aliphatic rings. The Labute approximate surface area is 166 Å². The van der Waals surface area contributed by atoms with Crippen LogP contribution in [0.4, 0.5) is 11.5 Å². The summed E-state index contributed by atoms with van der Waals surface area (Å²) in [4.78, 5) is 23.7. The van der Waals surface area contributed by atoms with Crippen molar-refractivity contribution in [2.75, 3.05) is 11.9 Å². The summed E-state index contributed by atoms with van der Waals surface area (Å²) in [7, 11) is 0. The predicted octanol–water partition coefficient (Wildman–Crippen LogP) is 4.81. The number of amides is 1. The molecule has 0 bridgehead atoms.